The van der Waals surface area contributed by atoms with Crippen LogP contribution < -0.4 is 5.32 Å². The summed E-state index contributed by atoms with van der Waals surface area (Å²) in [6, 6.07) is 9.20. The number of fused-ring (bicyclic) bond motifs is 1. The summed E-state index contributed by atoms with van der Waals surface area (Å²) in [5, 5.41) is 13.3. The Kier molecular flexibility index (Phi) is 5.31. The minimum atomic E-state index is 0.213. The van der Waals surface area contributed by atoms with E-state index in [-0.39, 0.29) is 11.8 Å². The van der Waals surface area contributed by atoms with Crippen molar-refractivity contribution in [2.75, 3.05) is 11.9 Å². The van der Waals surface area contributed by atoms with Gasteiger partial charge < -0.3 is 15.0 Å². The molecule has 0 radical (unpaired) electrons. The lowest BCUT2D eigenvalue weighted by molar-refractivity contribution is 0.475. The van der Waals surface area contributed by atoms with Gasteiger partial charge in [-0.25, -0.2) is 15.0 Å². The number of phenols is 1. The Bertz CT molecular complexity index is 1140. The average Bonchev–Trinajstić information content (AvgIpc) is 3.14. The summed E-state index contributed by atoms with van der Waals surface area (Å²) in [6.07, 6.45) is 5.85. The molecule has 8 heteroatoms. The summed E-state index contributed by atoms with van der Waals surface area (Å²) in [6.45, 7) is 4.84. The number of imidazole rings is 1. The van der Waals surface area contributed by atoms with Crippen LogP contribution in [-0.4, -0.2) is 36.2 Å². The Morgan fingerprint density at radius 3 is 2.66 bits per heavy atom. The Morgan fingerprint density at radius 1 is 1.14 bits per heavy atom. The second-order valence-corrected chi connectivity index (χ2v) is 7.49. The number of pyridine rings is 1. The maximum atomic E-state index is 9.43. The molecule has 0 bridgehead atoms. The first-order valence-electron chi connectivity index (χ1n) is 9.38. The van der Waals surface area contributed by atoms with Crippen LogP contribution in [-0.2, 0) is 6.42 Å². The predicted molar refractivity (Wildman–Crippen MR) is 114 cm³/mol. The van der Waals surface area contributed by atoms with Gasteiger partial charge in [-0.2, -0.15) is 0 Å². The number of phenolic OH excluding ortho intramolecular Hbond substituents is 1. The Labute approximate surface area is 173 Å². The van der Waals surface area contributed by atoms with Crippen LogP contribution in [0.25, 0.3) is 22.6 Å². The van der Waals surface area contributed by atoms with E-state index in [9.17, 15) is 5.11 Å². The van der Waals surface area contributed by atoms with Crippen LogP contribution in [0.5, 0.6) is 5.75 Å². The normalized spacial score (nSPS) is 11.3. The molecule has 0 saturated carbocycles. The zero-order valence-corrected chi connectivity index (χ0v) is 16.9. The van der Waals surface area contributed by atoms with Crippen molar-refractivity contribution >= 4 is 28.6 Å². The summed E-state index contributed by atoms with van der Waals surface area (Å²) < 4.78 is 2.02. The van der Waals surface area contributed by atoms with E-state index >= 15 is 0 Å². The second-order valence-electron chi connectivity index (χ2n) is 7.05. The number of anilines is 1. The first-order valence-corrected chi connectivity index (χ1v) is 9.76. The van der Waals surface area contributed by atoms with Crippen molar-refractivity contribution in [1.82, 2.24) is 24.5 Å². The number of aromatic hydroxyl groups is 1. The number of nitrogens with one attached hydrogen (secondary N) is 1. The molecule has 0 aliphatic carbocycles. The van der Waals surface area contributed by atoms with Crippen molar-refractivity contribution in [2.45, 2.75) is 26.3 Å². The Hall–Kier alpha value is -3.19. The molecule has 7 nitrogen and oxygen atoms in total. The Balaban J connectivity index is 1.68. The average molecular weight is 409 g/mol. The van der Waals surface area contributed by atoms with Crippen LogP contribution in [0.2, 0.25) is 5.02 Å². The highest BCUT2D eigenvalue weighted by atomic mass is 35.5. The van der Waals surface area contributed by atoms with Crippen LogP contribution in [0.1, 0.15) is 25.5 Å². The molecular formula is C21H21ClN6O. The van der Waals surface area contributed by atoms with Gasteiger partial charge in [0, 0.05) is 30.5 Å². The van der Waals surface area contributed by atoms with Crippen molar-refractivity contribution in [3.63, 3.8) is 0 Å². The summed E-state index contributed by atoms with van der Waals surface area (Å²) in [5.41, 5.74) is 3.35. The molecular weight excluding hydrogens is 388 g/mol. The van der Waals surface area contributed by atoms with Gasteiger partial charge >= 0.3 is 0 Å². The Morgan fingerprint density at radius 2 is 1.93 bits per heavy atom. The zero-order chi connectivity index (χ0) is 20.4. The number of hydrogen-bond acceptors (Lipinski definition) is 6. The summed E-state index contributed by atoms with van der Waals surface area (Å²) in [7, 11) is 0. The molecule has 1 aromatic carbocycles. The summed E-state index contributed by atoms with van der Waals surface area (Å²) in [5.74, 6) is 1.48. The number of hydrogen-bond donors (Lipinski definition) is 2. The largest absolute Gasteiger partial charge is 0.508 e. The quantitative estimate of drug-likeness (QED) is 0.489. The fraction of sp³-hybridized carbons (Fsp3) is 0.238. The first kappa shape index (κ1) is 19.1. The molecule has 0 saturated heterocycles. The minimum Gasteiger partial charge on any atom is -0.508 e. The zero-order valence-electron chi connectivity index (χ0n) is 16.2. The van der Waals surface area contributed by atoms with E-state index in [2.05, 4.69) is 29.1 Å². The van der Waals surface area contributed by atoms with Gasteiger partial charge in [0.15, 0.2) is 17.3 Å². The fourth-order valence-corrected chi connectivity index (χ4v) is 3.24. The number of benzene rings is 1. The van der Waals surface area contributed by atoms with Crippen molar-refractivity contribution in [3.8, 4) is 17.1 Å². The van der Waals surface area contributed by atoms with Crippen molar-refractivity contribution in [1.29, 1.82) is 0 Å². The highest BCUT2D eigenvalue weighted by molar-refractivity contribution is 6.30. The third-order valence-electron chi connectivity index (χ3n) is 4.58. The maximum Gasteiger partial charge on any atom is 0.166 e. The maximum absolute atomic E-state index is 9.43. The lowest BCUT2D eigenvalue weighted by atomic mass is 10.1. The molecule has 148 valence electrons. The highest BCUT2D eigenvalue weighted by Crippen LogP contribution is 2.26. The van der Waals surface area contributed by atoms with E-state index in [0.29, 0.717) is 23.2 Å². The molecule has 0 atom stereocenters. The van der Waals surface area contributed by atoms with Gasteiger partial charge in [-0.1, -0.05) is 23.7 Å². The van der Waals surface area contributed by atoms with Gasteiger partial charge in [0.05, 0.1) is 11.3 Å². The lowest BCUT2D eigenvalue weighted by Gasteiger charge is -2.11. The van der Waals surface area contributed by atoms with Crippen LogP contribution in [0.15, 0.2) is 49.1 Å². The standard InChI is InChI=1S/C21H21ClN6O/c1-13(2)28-12-25-18-20(24-8-7-14-3-5-17(29)6-4-14)26-19(27-21(18)28)15-9-16(22)11-23-10-15/h3-6,9-13,29H,7-8H2,1-2H3,(H,24,26,27). The smallest absolute Gasteiger partial charge is 0.166 e. The van der Waals surface area contributed by atoms with E-state index in [1.54, 1.807) is 36.9 Å². The molecule has 0 amide bonds. The van der Waals surface area contributed by atoms with Gasteiger partial charge in [-0.05, 0) is 44.0 Å². The van der Waals surface area contributed by atoms with E-state index < -0.39 is 0 Å². The van der Waals surface area contributed by atoms with E-state index in [4.69, 9.17) is 21.6 Å². The van der Waals surface area contributed by atoms with Gasteiger partial charge in [0.2, 0.25) is 0 Å². The van der Waals surface area contributed by atoms with Crippen LogP contribution in [0, 0.1) is 0 Å². The third kappa shape index (κ3) is 4.14. The van der Waals surface area contributed by atoms with Gasteiger partial charge in [0.1, 0.15) is 11.3 Å². The number of aromatic nitrogens is 5. The lowest BCUT2D eigenvalue weighted by Crippen LogP contribution is -2.09. The molecule has 3 heterocycles. The SMILES string of the molecule is CC(C)n1cnc2c(NCCc3ccc(O)cc3)nc(-c3cncc(Cl)c3)nc21. The monoisotopic (exact) mass is 408 g/mol. The van der Waals surface area contributed by atoms with Crippen molar-refractivity contribution in [3.05, 3.63) is 59.6 Å². The molecule has 0 unspecified atom stereocenters. The molecule has 4 aromatic rings. The predicted octanol–water partition coefficient (Wildman–Crippen LogP) is 4.48. The fourth-order valence-electron chi connectivity index (χ4n) is 3.07. The third-order valence-corrected chi connectivity index (χ3v) is 4.79. The number of nitrogens with zero attached hydrogens (tertiary/aromatic N) is 5. The molecule has 29 heavy (non-hydrogen) atoms. The van der Waals surface area contributed by atoms with E-state index in [1.807, 2.05) is 16.7 Å². The molecule has 3 aromatic heterocycles. The first-order chi connectivity index (χ1) is 14.0. The molecule has 0 spiro atoms. The van der Waals surface area contributed by atoms with E-state index in [1.165, 1.54) is 0 Å². The van der Waals surface area contributed by atoms with Gasteiger partial charge in [-0.3, -0.25) is 4.98 Å². The molecule has 0 aliphatic rings. The molecule has 0 aliphatic heterocycles. The van der Waals surface area contributed by atoms with Crippen molar-refractivity contribution in [2.24, 2.45) is 0 Å². The highest BCUT2D eigenvalue weighted by Gasteiger charge is 2.16. The topological polar surface area (TPSA) is 88.8 Å². The van der Waals surface area contributed by atoms with Crippen LogP contribution in [0.3, 0.4) is 0 Å². The number of rotatable bonds is 6. The van der Waals surface area contributed by atoms with E-state index in [0.717, 1.165) is 28.7 Å². The minimum absolute atomic E-state index is 0.213. The number of halogens is 1. The second kappa shape index (κ2) is 8.05. The van der Waals surface area contributed by atoms with Gasteiger partial charge in [0.25, 0.3) is 0 Å². The van der Waals surface area contributed by atoms with Crippen LogP contribution >= 0.6 is 11.6 Å². The van der Waals surface area contributed by atoms with Crippen LogP contribution in [0.4, 0.5) is 5.82 Å². The summed E-state index contributed by atoms with van der Waals surface area (Å²) in [4.78, 5) is 18.1. The van der Waals surface area contributed by atoms with Gasteiger partial charge in [-0.15, -0.1) is 0 Å². The summed E-state index contributed by atoms with van der Waals surface area (Å²) >= 11 is 6.11. The van der Waals surface area contributed by atoms with Crippen molar-refractivity contribution < 1.29 is 5.11 Å². The molecule has 4 rings (SSSR count). The molecule has 0 fully saturated rings. The molecule has 2 N–H and O–H groups in total.